The zero-order valence-corrected chi connectivity index (χ0v) is 12.1. The quantitative estimate of drug-likeness (QED) is 0.565. The number of carbonyl (C=O) groups is 1. The number of fused-ring (bicyclic) bond motifs is 1. The Balaban J connectivity index is 2.30. The van der Waals surface area contributed by atoms with Gasteiger partial charge in [0.15, 0.2) is 0 Å². The number of nitroso groups, excluding NO2 is 1. The highest BCUT2D eigenvalue weighted by molar-refractivity contribution is 6.07. The largest absolute Gasteiger partial charge is 0.449 e. The van der Waals surface area contributed by atoms with E-state index in [4.69, 9.17) is 10.2 Å². The van der Waals surface area contributed by atoms with Crippen molar-refractivity contribution in [2.24, 2.45) is 11.0 Å². The number of H-pyrrole nitrogens is 1. The molecule has 0 saturated heterocycles. The lowest BCUT2D eigenvalue weighted by Gasteiger charge is -2.14. The first-order chi connectivity index (χ1) is 11.0. The minimum Gasteiger partial charge on any atom is -0.449 e. The summed E-state index contributed by atoms with van der Waals surface area (Å²) >= 11 is 0. The predicted molar refractivity (Wildman–Crippen MR) is 84.5 cm³/mol. The maximum absolute atomic E-state index is 11.7. The van der Waals surface area contributed by atoms with Crippen molar-refractivity contribution in [3.05, 3.63) is 63.1 Å². The number of furan rings is 1. The summed E-state index contributed by atoms with van der Waals surface area (Å²) in [6.07, 6.45) is 1.31. The smallest absolute Gasteiger partial charge is 0.286 e. The summed E-state index contributed by atoms with van der Waals surface area (Å²) in [7, 11) is 0. The first-order valence-corrected chi connectivity index (χ1v) is 6.66. The third-order valence-electron chi connectivity index (χ3n) is 3.35. The zero-order chi connectivity index (χ0) is 16.6. The SMILES string of the molecule is Cc1ccc2oc(C(N)=O)c(N(N=O)c3ccc(=O)[nH]c3)c2c1. The summed E-state index contributed by atoms with van der Waals surface area (Å²) in [5, 5.41) is 4.42. The Bertz CT molecular complexity index is 953. The van der Waals surface area contributed by atoms with E-state index in [0.717, 1.165) is 10.6 Å². The fourth-order valence-corrected chi connectivity index (χ4v) is 2.33. The number of hydrogen-bond donors (Lipinski definition) is 2. The molecule has 3 rings (SSSR count). The number of anilines is 2. The lowest BCUT2D eigenvalue weighted by molar-refractivity contribution is 0.0977. The summed E-state index contributed by atoms with van der Waals surface area (Å²) in [6, 6.07) is 7.88. The number of benzene rings is 1. The average molecular weight is 312 g/mol. The molecule has 0 saturated carbocycles. The van der Waals surface area contributed by atoms with Crippen LogP contribution in [-0.4, -0.2) is 10.9 Å². The molecule has 0 aliphatic carbocycles. The fourth-order valence-electron chi connectivity index (χ4n) is 2.33. The van der Waals surface area contributed by atoms with Crippen molar-refractivity contribution in [1.29, 1.82) is 0 Å². The van der Waals surface area contributed by atoms with E-state index in [1.807, 2.05) is 6.92 Å². The molecular weight excluding hydrogens is 300 g/mol. The summed E-state index contributed by atoms with van der Waals surface area (Å²) in [5.41, 5.74) is 6.73. The molecule has 2 heterocycles. The Labute approximate surface area is 129 Å². The zero-order valence-electron chi connectivity index (χ0n) is 12.1. The number of aryl methyl sites for hydroxylation is 1. The monoisotopic (exact) mass is 312 g/mol. The van der Waals surface area contributed by atoms with Gasteiger partial charge in [-0.15, -0.1) is 4.91 Å². The van der Waals surface area contributed by atoms with Crippen molar-refractivity contribution in [3.8, 4) is 0 Å². The third-order valence-corrected chi connectivity index (χ3v) is 3.35. The molecule has 23 heavy (non-hydrogen) atoms. The summed E-state index contributed by atoms with van der Waals surface area (Å²) in [4.78, 5) is 36.7. The molecule has 8 nitrogen and oxygen atoms in total. The predicted octanol–water partition coefficient (Wildman–Crippen LogP) is 2.35. The molecule has 0 spiro atoms. The van der Waals surface area contributed by atoms with E-state index in [1.54, 1.807) is 18.2 Å². The summed E-state index contributed by atoms with van der Waals surface area (Å²) in [6.45, 7) is 1.86. The highest BCUT2D eigenvalue weighted by Gasteiger charge is 2.25. The van der Waals surface area contributed by atoms with Crippen LogP contribution >= 0.6 is 0 Å². The van der Waals surface area contributed by atoms with Crippen LogP contribution in [-0.2, 0) is 0 Å². The van der Waals surface area contributed by atoms with Crippen LogP contribution in [0.4, 0.5) is 11.4 Å². The lowest BCUT2D eigenvalue weighted by atomic mass is 10.1. The number of aromatic amines is 1. The molecule has 0 atom stereocenters. The van der Waals surface area contributed by atoms with Gasteiger partial charge in [0.25, 0.3) is 5.91 Å². The van der Waals surface area contributed by atoms with Crippen LogP contribution in [0, 0.1) is 11.8 Å². The Hall–Kier alpha value is -3.42. The van der Waals surface area contributed by atoms with E-state index in [0.29, 0.717) is 11.0 Å². The van der Waals surface area contributed by atoms with Crippen LogP contribution in [0.15, 0.2) is 51.0 Å². The van der Waals surface area contributed by atoms with Gasteiger partial charge in [-0.2, -0.15) is 5.01 Å². The van der Waals surface area contributed by atoms with Crippen LogP contribution in [0.5, 0.6) is 0 Å². The number of rotatable bonds is 4. The van der Waals surface area contributed by atoms with Gasteiger partial charge in [0.05, 0.1) is 11.0 Å². The van der Waals surface area contributed by atoms with Crippen molar-refractivity contribution in [3.63, 3.8) is 0 Å². The highest BCUT2D eigenvalue weighted by Crippen LogP contribution is 2.38. The topological polar surface area (TPSA) is 122 Å². The van der Waals surface area contributed by atoms with Gasteiger partial charge in [-0.3, -0.25) is 9.59 Å². The standard InChI is InChI=1S/C15H12N4O4/c1-8-2-4-11-10(6-8)13(14(23-11)15(16)21)19(18-22)9-3-5-12(20)17-7-9/h2-7H,1H3,(H2,16,21)(H,17,20). The van der Waals surface area contributed by atoms with E-state index in [9.17, 15) is 14.5 Å². The molecule has 0 fully saturated rings. The number of nitrogens with zero attached hydrogens (tertiary/aromatic N) is 2. The first-order valence-electron chi connectivity index (χ1n) is 6.66. The van der Waals surface area contributed by atoms with E-state index in [2.05, 4.69) is 10.3 Å². The van der Waals surface area contributed by atoms with Crippen molar-refractivity contribution in [1.82, 2.24) is 4.98 Å². The molecule has 1 aromatic carbocycles. The Morgan fingerprint density at radius 1 is 1.30 bits per heavy atom. The molecule has 3 aromatic rings. The fraction of sp³-hybridized carbons (Fsp3) is 0.0667. The molecular formula is C15H12N4O4. The maximum Gasteiger partial charge on any atom is 0.286 e. The van der Waals surface area contributed by atoms with Gasteiger partial charge < -0.3 is 15.1 Å². The van der Waals surface area contributed by atoms with Crippen LogP contribution < -0.4 is 16.3 Å². The minimum absolute atomic E-state index is 0.137. The molecule has 0 aliphatic rings. The van der Waals surface area contributed by atoms with Gasteiger partial charge in [0.2, 0.25) is 11.3 Å². The van der Waals surface area contributed by atoms with Gasteiger partial charge in [0.1, 0.15) is 11.3 Å². The molecule has 3 N–H and O–H groups in total. The normalized spacial score (nSPS) is 10.7. The van der Waals surface area contributed by atoms with Crippen LogP contribution in [0.3, 0.4) is 0 Å². The van der Waals surface area contributed by atoms with Crippen LogP contribution in [0.2, 0.25) is 0 Å². The van der Waals surface area contributed by atoms with Crippen molar-refractivity contribution < 1.29 is 9.21 Å². The second kappa shape index (κ2) is 5.41. The number of hydrogen-bond acceptors (Lipinski definition) is 5. The number of pyridine rings is 1. The van der Waals surface area contributed by atoms with Crippen molar-refractivity contribution >= 4 is 28.3 Å². The molecule has 0 bridgehead atoms. The highest BCUT2D eigenvalue weighted by atomic mass is 16.4. The number of primary amides is 1. The second-order valence-corrected chi connectivity index (χ2v) is 4.95. The van der Waals surface area contributed by atoms with Gasteiger partial charge in [-0.05, 0) is 25.1 Å². The van der Waals surface area contributed by atoms with Gasteiger partial charge in [-0.25, -0.2) is 0 Å². The van der Waals surface area contributed by atoms with E-state index in [1.165, 1.54) is 18.3 Å². The molecule has 2 aromatic heterocycles. The molecule has 116 valence electrons. The van der Waals surface area contributed by atoms with E-state index in [-0.39, 0.29) is 22.7 Å². The van der Waals surface area contributed by atoms with E-state index >= 15 is 0 Å². The van der Waals surface area contributed by atoms with Crippen LogP contribution in [0.25, 0.3) is 11.0 Å². The number of carbonyl (C=O) groups excluding carboxylic acids is 1. The Morgan fingerprint density at radius 2 is 2.09 bits per heavy atom. The van der Waals surface area contributed by atoms with Crippen molar-refractivity contribution in [2.45, 2.75) is 6.92 Å². The van der Waals surface area contributed by atoms with Gasteiger partial charge in [0, 0.05) is 17.6 Å². The number of aromatic nitrogens is 1. The minimum atomic E-state index is -0.827. The maximum atomic E-state index is 11.7. The summed E-state index contributed by atoms with van der Waals surface area (Å²) < 4.78 is 5.46. The third kappa shape index (κ3) is 2.46. The first kappa shape index (κ1) is 14.5. The number of amides is 1. The molecule has 8 heteroatoms. The number of nitrogens with two attached hydrogens (primary N) is 1. The molecule has 1 amide bonds. The second-order valence-electron chi connectivity index (χ2n) is 4.95. The molecule has 0 aliphatic heterocycles. The average Bonchev–Trinajstić information content (AvgIpc) is 2.89. The lowest BCUT2D eigenvalue weighted by Crippen LogP contribution is -2.17. The number of nitrogens with one attached hydrogen (secondary N) is 1. The van der Waals surface area contributed by atoms with Crippen molar-refractivity contribution in [2.75, 3.05) is 5.01 Å². The van der Waals surface area contributed by atoms with E-state index < -0.39 is 5.91 Å². The van der Waals surface area contributed by atoms with Gasteiger partial charge in [-0.1, -0.05) is 11.6 Å². The van der Waals surface area contributed by atoms with Crippen LogP contribution in [0.1, 0.15) is 16.1 Å². The van der Waals surface area contributed by atoms with Gasteiger partial charge >= 0.3 is 0 Å². The molecule has 0 radical (unpaired) electrons. The Kier molecular flexibility index (Phi) is 3.41. The summed E-state index contributed by atoms with van der Waals surface area (Å²) in [5.74, 6) is -1.01. The Morgan fingerprint density at radius 3 is 2.70 bits per heavy atom. The molecule has 0 unspecified atom stereocenters.